The van der Waals surface area contributed by atoms with Crippen molar-refractivity contribution in [3.05, 3.63) is 52.6 Å². The van der Waals surface area contributed by atoms with E-state index >= 15 is 0 Å². The Bertz CT molecular complexity index is 545. The van der Waals surface area contributed by atoms with Crippen LogP contribution >= 0.6 is 15.9 Å². The van der Waals surface area contributed by atoms with Crippen molar-refractivity contribution >= 4 is 27.7 Å². The molecule has 0 aliphatic carbocycles. The molecule has 6 heteroatoms. The fraction of sp³-hybridized carbons (Fsp3) is 0. The highest BCUT2D eigenvalue weighted by molar-refractivity contribution is 9.10. The molecule has 2 heterocycles. The van der Waals surface area contributed by atoms with Crippen LogP contribution in [0.25, 0.3) is 0 Å². The highest BCUT2D eigenvalue weighted by Gasteiger charge is 2.11. The number of hydrogen-bond acceptors (Lipinski definition) is 3. The summed E-state index contributed by atoms with van der Waals surface area (Å²) in [4.78, 5) is 19.2. The Morgan fingerprint density at radius 3 is 2.76 bits per heavy atom. The molecule has 2 rings (SSSR count). The SMILES string of the molecule is O=C(Nc1ccc(Br)cn1)c1ccncc1F. The van der Waals surface area contributed by atoms with Crippen molar-refractivity contribution in [2.75, 3.05) is 5.32 Å². The Balaban J connectivity index is 2.17. The number of pyridine rings is 2. The predicted molar refractivity (Wildman–Crippen MR) is 64.1 cm³/mol. The van der Waals surface area contributed by atoms with E-state index in [4.69, 9.17) is 0 Å². The minimum atomic E-state index is -0.665. The fourth-order valence-electron chi connectivity index (χ4n) is 1.19. The molecule has 2 aromatic heterocycles. The number of nitrogens with zero attached hydrogens (tertiary/aromatic N) is 2. The van der Waals surface area contributed by atoms with Gasteiger partial charge in [-0.1, -0.05) is 0 Å². The number of halogens is 2. The summed E-state index contributed by atoms with van der Waals surface area (Å²) < 4.78 is 14.1. The molecule has 17 heavy (non-hydrogen) atoms. The van der Waals surface area contributed by atoms with Gasteiger partial charge in [0.1, 0.15) is 5.82 Å². The number of hydrogen-bond donors (Lipinski definition) is 1. The molecular formula is C11H7BrFN3O. The van der Waals surface area contributed by atoms with Crippen LogP contribution in [0.5, 0.6) is 0 Å². The van der Waals surface area contributed by atoms with Crippen LogP contribution in [0.4, 0.5) is 10.2 Å². The zero-order valence-corrected chi connectivity index (χ0v) is 10.1. The fourth-order valence-corrected chi connectivity index (χ4v) is 1.43. The standard InChI is InChI=1S/C11H7BrFN3O/c12-7-1-2-10(15-5-7)16-11(17)8-3-4-14-6-9(8)13/h1-6H,(H,15,16,17). The Morgan fingerprint density at radius 1 is 1.29 bits per heavy atom. The molecule has 4 nitrogen and oxygen atoms in total. The molecule has 0 radical (unpaired) electrons. The van der Waals surface area contributed by atoms with Gasteiger partial charge >= 0.3 is 0 Å². The minimum Gasteiger partial charge on any atom is -0.306 e. The Hall–Kier alpha value is -1.82. The van der Waals surface area contributed by atoms with Gasteiger partial charge in [-0.15, -0.1) is 0 Å². The maximum Gasteiger partial charge on any atom is 0.259 e. The van der Waals surface area contributed by atoms with Crippen molar-refractivity contribution in [3.8, 4) is 0 Å². The summed E-state index contributed by atoms with van der Waals surface area (Å²) in [7, 11) is 0. The topological polar surface area (TPSA) is 54.9 Å². The first-order chi connectivity index (χ1) is 8.16. The molecule has 1 N–H and O–H groups in total. The maximum atomic E-state index is 13.3. The van der Waals surface area contributed by atoms with Crippen molar-refractivity contribution in [1.29, 1.82) is 0 Å². The summed E-state index contributed by atoms with van der Waals surface area (Å²) in [6, 6.07) is 4.65. The smallest absolute Gasteiger partial charge is 0.259 e. The molecule has 0 fully saturated rings. The van der Waals surface area contributed by atoms with Gasteiger partial charge in [-0.2, -0.15) is 0 Å². The average Bonchev–Trinajstić information content (AvgIpc) is 2.32. The van der Waals surface area contributed by atoms with Crippen molar-refractivity contribution < 1.29 is 9.18 Å². The van der Waals surface area contributed by atoms with Crippen molar-refractivity contribution in [3.63, 3.8) is 0 Å². The number of nitrogens with one attached hydrogen (secondary N) is 1. The third-order valence-corrected chi connectivity index (χ3v) is 2.46. The van der Waals surface area contributed by atoms with E-state index < -0.39 is 11.7 Å². The van der Waals surface area contributed by atoms with Crippen LogP contribution in [0.3, 0.4) is 0 Å². The number of carbonyl (C=O) groups excluding carboxylic acids is 1. The molecule has 0 saturated heterocycles. The summed E-state index contributed by atoms with van der Waals surface area (Å²) in [6.07, 6.45) is 3.88. The minimum absolute atomic E-state index is 0.0651. The van der Waals surface area contributed by atoms with Crippen molar-refractivity contribution in [2.45, 2.75) is 0 Å². The van der Waals surface area contributed by atoms with Crippen LogP contribution in [0.2, 0.25) is 0 Å². The first-order valence-electron chi connectivity index (χ1n) is 4.69. The zero-order valence-electron chi connectivity index (χ0n) is 8.52. The molecule has 0 saturated carbocycles. The van der Waals surface area contributed by atoms with Crippen LogP contribution in [-0.2, 0) is 0 Å². The summed E-state index contributed by atoms with van der Waals surface area (Å²) in [6.45, 7) is 0. The molecule has 0 atom stereocenters. The second-order valence-corrected chi connectivity index (χ2v) is 4.09. The van der Waals surface area contributed by atoms with Crippen LogP contribution in [0.15, 0.2) is 41.3 Å². The van der Waals surface area contributed by atoms with Crippen LogP contribution < -0.4 is 5.32 Å². The molecular weight excluding hydrogens is 289 g/mol. The number of carbonyl (C=O) groups is 1. The number of anilines is 1. The summed E-state index contributed by atoms with van der Waals surface area (Å²) in [5.74, 6) is -0.865. The largest absolute Gasteiger partial charge is 0.306 e. The van der Waals surface area contributed by atoms with Gasteiger partial charge in [0.05, 0.1) is 11.8 Å². The van der Waals surface area contributed by atoms with Gasteiger partial charge in [0.25, 0.3) is 5.91 Å². The average molecular weight is 296 g/mol. The van der Waals surface area contributed by atoms with Crippen LogP contribution in [-0.4, -0.2) is 15.9 Å². The lowest BCUT2D eigenvalue weighted by atomic mass is 10.2. The van der Waals surface area contributed by atoms with E-state index in [1.54, 1.807) is 18.3 Å². The van der Waals surface area contributed by atoms with Crippen LogP contribution in [0, 0.1) is 5.82 Å². The maximum absolute atomic E-state index is 13.3. The predicted octanol–water partition coefficient (Wildman–Crippen LogP) is 2.63. The van der Waals surface area contributed by atoms with E-state index in [-0.39, 0.29) is 5.56 Å². The molecule has 0 spiro atoms. The Morgan fingerprint density at radius 2 is 2.12 bits per heavy atom. The second-order valence-electron chi connectivity index (χ2n) is 3.17. The van der Waals surface area contributed by atoms with Gasteiger partial charge < -0.3 is 5.32 Å². The molecule has 0 unspecified atom stereocenters. The summed E-state index contributed by atoms with van der Waals surface area (Å²) in [5, 5.41) is 2.49. The second kappa shape index (κ2) is 5.01. The van der Waals surface area contributed by atoms with Gasteiger partial charge in [0.2, 0.25) is 0 Å². The molecule has 0 aliphatic heterocycles. The Labute approximate surface area is 105 Å². The molecule has 0 aliphatic rings. The van der Waals surface area contributed by atoms with Gasteiger partial charge in [0.15, 0.2) is 5.82 Å². The molecule has 0 aromatic carbocycles. The van der Waals surface area contributed by atoms with Crippen LogP contribution in [0.1, 0.15) is 10.4 Å². The number of aromatic nitrogens is 2. The number of rotatable bonds is 2. The normalized spacial score (nSPS) is 10.0. The van der Waals surface area contributed by atoms with Gasteiger partial charge in [-0.25, -0.2) is 9.37 Å². The van der Waals surface area contributed by atoms with E-state index in [0.29, 0.717) is 5.82 Å². The highest BCUT2D eigenvalue weighted by atomic mass is 79.9. The molecule has 1 amide bonds. The first kappa shape index (κ1) is 11.7. The lowest BCUT2D eigenvalue weighted by Gasteiger charge is -2.04. The highest BCUT2D eigenvalue weighted by Crippen LogP contribution is 2.12. The van der Waals surface area contributed by atoms with E-state index in [1.165, 1.54) is 12.3 Å². The van der Waals surface area contributed by atoms with Gasteiger partial charge in [0, 0.05) is 16.9 Å². The summed E-state index contributed by atoms with van der Waals surface area (Å²) >= 11 is 3.22. The van der Waals surface area contributed by atoms with Gasteiger partial charge in [-0.3, -0.25) is 9.78 Å². The summed E-state index contributed by atoms with van der Waals surface area (Å²) in [5.41, 5.74) is -0.0651. The quantitative estimate of drug-likeness (QED) is 0.927. The third-order valence-electron chi connectivity index (χ3n) is 1.99. The number of amides is 1. The van der Waals surface area contributed by atoms with Crippen molar-refractivity contribution in [1.82, 2.24) is 9.97 Å². The van der Waals surface area contributed by atoms with E-state index in [0.717, 1.165) is 10.7 Å². The lowest BCUT2D eigenvalue weighted by molar-refractivity contribution is 0.102. The van der Waals surface area contributed by atoms with E-state index in [2.05, 4.69) is 31.2 Å². The lowest BCUT2D eigenvalue weighted by Crippen LogP contribution is -2.14. The zero-order chi connectivity index (χ0) is 12.3. The molecule has 2 aromatic rings. The molecule has 86 valence electrons. The molecule has 0 bridgehead atoms. The van der Waals surface area contributed by atoms with Gasteiger partial charge in [-0.05, 0) is 34.1 Å². The Kier molecular flexibility index (Phi) is 3.43. The van der Waals surface area contributed by atoms with Crippen molar-refractivity contribution in [2.24, 2.45) is 0 Å². The first-order valence-corrected chi connectivity index (χ1v) is 5.48. The monoisotopic (exact) mass is 295 g/mol. The third kappa shape index (κ3) is 2.85. The van der Waals surface area contributed by atoms with E-state index in [1.807, 2.05) is 0 Å². The van der Waals surface area contributed by atoms with E-state index in [9.17, 15) is 9.18 Å².